The molecule has 0 saturated carbocycles. The molecule has 0 heterocycles. The average Bonchev–Trinajstić information content (AvgIpc) is 2.19. The predicted octanol–water partition coefficient (Wildman–Crippen LogP) is 3.41. The molecule has 0 saturated heterocycles. The fourth-order valence-electron chi connectivity index (χ4n) is 2.27. The van der Waals surface area contributed by atoms with Crippen LogP contribution < -0.4 is 0 Å². The third-order valence-corrected chi connectivity index (χ3v) is 3.38. The number of hydrogen-bond acceptors (Lipinski definition) is 1. The molecule has 2 atom stereocenters. The first-order valence-electron chi connectivity index (χ1n) is 5.11. The molecule has 1 aliphatic carbocycles. The molecule has 1 aliphatic rings. The van der Waals surface area contributed by atoms with Crippen LogP contribution in [0.5, 0.6) is 0 Å². The number of aliphatic carboxylic acids is 1. The van der Waals surface area contributed by atoms with E-state index in [0.717, 1.165) is 24.0 Å². The summed E-state index contributed by atoms with van der Waals surface area (Å²) in [5.74, 6) is -0.673. The van der Waals surface area contributed by atoms with Crippen molar-refractivity contribution in [3.8, 4) is 0 Å². The second-order valence-corrected chi connectivity index (χ2v) is 4.58. The van der Waals surface area contributed by atoms with Crippen LogP contribution in [0.2, 0.25) is 5.02 Å². The van der Waals surface area contributed by atoms with Crippen molar-refractivity contribution < 1.29 is 9.90 Å². The van der Waals surface area contributed by atoms with Gasteiger partial charge in [0.1, 0.15) is 0 Å². The second-order valence-electron chi connectivity index (χ2n) is 4.14. The number of halogens is 1. The van der Waals surface area contributed by atoms with Gasteiger partial charge in [0.2, 0.25) is 0 Å². The van der Waals surface area contributed by atoms with Crippen LogP contribution >= 0.6 is 11.6 Å². The van der Waals surface area contributed by atoms with Gasteiger partial charge >= 0.3 is 5.97 Å². The smallest absolute Gasteiger partial charge is 0.310 e. The number of carboxylic acid groups (broad SMARTS) is 1. The summed E-state index contributed by atoms with van der Waals surface area (Å²) < 4.78 is 0. The first-order chi connectivity index (χ1) is 7.09. The molecule has 15 heavy (non-hydrogen) atoms. The molecule has 1 aromatic rings. The minimum atomic E-state index is -0.731. The van der Waals surface area contributed by atoms with Gasteiger partial charge in [-0.25, -0.2) is 0 Å². The standard InChI is InChI=1S/C12H13ClO2/c1-7-2-4-10(12(14)15)9-5-3-8(13)6-11(7)9/h3,5-7,10H,2,4H2,1H3,(H,14,15). The largest absolute Gasteiger partial charge is 0.481 e. The quantitative estimate of drug-likeness (QED) is 0.794. The summed E-state index contributed by atoms with van der Waals surface area (Å²) >= 11 is 5.92. The lowest BCUT2D eigenvalue weighted by atomic mass is 9.77. The lowest BCUT2D eigenvalue weighted by Gasteiger charge is -2.27. The molecule has 2 nitrogen and oxygen atoms in total. The van der Waals surface area contributed by atoms with Gasteiger partial charge in [0.15, 0.2) is 0 Å². The van der Waals surface area contributed by atoms with E-state index in [0.29, 0.717) is 10.9 Å². The van der Waals surface area contributed by atoms with Gasteiger partial charge in [-0.15, -0.1) is 0 Å². The molecule has 3 heteroatoms. The van der Waals surface area contributed by atoms with Crippen molar-refractivity contribution in [2.75, 3.05) is 0 Å². The molecule has 0 aromatic heterocycles. The molecule has 2 rings (SSSR count). The zero-order valence-corrected chi connectivity index (χ0v) is 9.29. The zero-order valence-electron chi connectivity index (χ0n) is 8.53. The van der Waals surface area contributed by atoms with E-state index in [4.69, 9.17) is 16.7 Å². The number of benzene rings is 1. The Hall–Kier alpha value is -1.02. The topological polar surface area (TPSA) is 37.3 Å². The summed E-state index contributed by atoms with van der Waals surface area (Å²) in [5.41, 5.74) is 2.03. The van der Waals surface area contributed by atoms with Crippen molar-refractivity contribution in [2.45, 2.75) is 31.6 Å². The van der Waals surface area contributed by atoms with Gasteiger partial charge in [0.25, 0.3) is 0 Å². The van der Waals surface area contributed by atoms with Crippen molar-refractivity contribution in [2.24, 2.45) is 0 Å². The Morgan fingerprint density at radius 2 is 2.13 bits per heavy atom. The predicted molar refractivity (Wildman–Crippen MR) is 59.5 cm³/mol. The Kier molecular flexibility index (Phi) is 2.70. The van der Waals surface area contributed by atoms with Crippen LogP contribution in [0.4, 0.5) is 0 Å². The summed E-state index contributed by atoms with van der Waals surface area (Å²) in [6, 6.07) is 5.52. The average molecular weight is 225 g/mol. The van der Waals surface area contributed by atoms with E-state index in [2.05, 4.69) is 6.92 Å². The Balaban J connectivity index is 2.50. The van der Waals surface area contributed by atoms with Gasteiger partial charge < -0.3 is 5.11 Å². The summed E-state index contributed by atoms with van der Waals surface area (Å²) in [5, 5.41) is 9.79. The highest BCUT2D eigenvalue weighted by Crippen LogP contribution is 2.39. The molecule has 0 radical (unpaired) electrons. The van der Waals surface area contributed by atoms with Crippen LogP contribution in [0.3, 0.4) is 0 Å². The highest BCUT2D eigenvalue weighted by atomic mass is 35.5. The van der Waals surface area contributed by atoms with E-state index in [-0.39, 0.29) is 5.92 Å². The fraction of sp³-hybridized carbons (Fsp3) is 0.417. The number of fused-ring (bicyclic) bond motifs is 1. The number of rotatable bonds is 1. The Labute approximate surface area is 93.9 Å². The maximum absolute atomic E-state index is 11.1. The van der Waals surface area contributed by atoms with Crippen LogP contribution in [-0.4, -0.2) is 11.1 Å². The van der Waals surface area contributed by atoms with Crippen LogP contribution in [0.25, 0.3) is 0 Å². The minimum absolute atomic E-state index is 0.353. The van der Waals surface area contributed by atoms with Crippen LogP contribution in [0.15, 0.2) is 18.2 Å². The van der Waals surface area contributed by atoms with Gasteiger partial charge in [-0.3, -0.25) is 4.79 Å². The number of carboxylic acids is 1. The molecule has 0 amide bonds. The maximum atomic E-state index is 11.1. The van der Waals surface area contributed by atoms with E-state index in [1.54, 1.807) is 6.07 Å². The van der Waals surface area contributed by atoms with E-state index >= 15 is 0 Å². The summed E-state index contributed by atoms with van der Waals surface area (Å²) in [6.45, 7) is 2.12. The van der Waals surface area contributed by atoms with Crippen LogP contribution in [-0.2, 0) is 4.79 Å². The Morgan fingerprint density at radius 1 is 1.40 bits per heavy atom. The van der Waals surface area contributed by atoms with E-state index < -0.39 is 5.97 Å². The van der Waals surface area contributed by atoms with Gasteiger partial charge in [-0.1, -0.05) is 24.6 Å². The molecule has 80 valence electrons. The van der Waals surface area contributed by atoms with Gasteiger partial charge in [0, 0.05) is 5.02 Å². The van der Waals surface area contributed by atoms with Crippen LogP contribution in [0, 0.1) is 0 Å². The summed E-state index contributed by atoms with van der Waals surface area (Å²) in [7, 11) is 0. The normalized spacial score (nSPS) is 24.7. The van der Waals surface area contributed by atoms with Crippen molar-refractivity contribution in [1.29, 1.82) is 0 Å². The zero-order chi connectivity index (χ0) is 11.0. The third-order valence-electron chi connectivity index (χ3n) is 3.14. The first-order valence-corrected chi connectivity index (χ1v) is 5.49. The lowest BCUT2D eigenvalue weighted by molar-refractivity contribution is -0.139. The minimum Gasteiger partial charge on any atom is -0.481 e. The maximum Gasteiger partial charge on any atom is 0.310 e. The summed E-state index contributed by atoms with van der Waals surface area (Å²) in [6.07, 6.45) is 1.65. The van der Waals surface area contributed by atoms with E-state index in [1.807, 2.05) is 12.1 Å². The molecule has 2 unspecified atom stereocenters. The molecular formula is C12H13ClO2. The highest BCUT2D eigenvalue weighted by Gasteiger charge is 2.29. The van der Waals surface area contributed by atoms with E-state index in [1.165, 1.54) is 0 Å². The van der Waals surface area contributed by atoms with Crippen molar-refractivity contribution >= 4 is 17.6 Å². The number of carbonyl (C=O) groups is 1. The SMILES string of the molecule is CC1CCC(C(=O)O)c2ccc(Cl)cc21. The fourth-order valence-corrected chi connectivity index (χ4v) is 2.45. The molecule has 0 aliphatic heterocycles. The van der Waals surface area contributed by atoms with Gasteiger partial charge in [0.05, 0.1) is 5.92 Å². The number of hydrogen-bond donors (Lipinski definition) is 1. The molecule has 0 spiro atoms. The van der Waals surface area contributed by atoms with Gasteiger partial charge in [-0.05, 0) is 42.0 Å². The third kappa shape index (κ3) is 1.86. The molecule has 0 fully saturated rings. The highest BCUT2D eigenvalue weighted by molar-refractivity contribution is 6.30. The van der Waals surface area contributed by atoms with Crippen molar-refractivity contribution in [1.82, 2.24) is 0 Å². The second kappa shape index (κ2) is 3.86. The first kappa shape index (κ1) is 10.5. The van der Waals surface area contributed by atoms with E-state index in [9.17, 15) is 4.79 Å². The molecule has 0 bridgehead atoms. The van der Waals surface area contributed by atoms with Crippen molar-refractivity contribution in [3.05, 3.63) is 34.3 Å². The van der Waals surface area contributed by atoms with Crippen molar-refractivity contribution in [3.63, 3.8) is 0 Å². The molecular weight excluding hydrogens is 212 g/mol. The Bertz CT molecular complexity index is 401. The Morgan fingerprint density at radius 3 is 2.80 bits per heavy atom. The lowest BCUT2D eigenvalue weighted by Crippen LogP contribution is -2.19. The molecule has 1 N–H and O–H groups in total. The molecule has 1 aromatic carbocycles. The van der Waals surface area contributed by atoms with Gasteiger partial charge in [-0.2, -0.15) is 0 Å². The van der Waals surface area contributed by atoms with Crippen LogP contribution in [0.1, 0.15) is 42.7 Å². The monoisotopic (exact) mass is 224 g/mol. The summed E-state index contributed by atoms with van der Waals surface area (Å²) in [4.78, 5) is 11.1.